The summed E-state index contributed by atoms with van der Waals surface area (Å²) in [5.41, 5.74) is 3.51. The number of ether oxygens (including phenoxy) is 1. The van der Waals surface area contributed by atoms with Crippen LogP contribution < -0.4 is 5.32 Å². The molecule has 0 radical (unpaired) electrons. The number of carboxylic acid groups (broad SMARTS) is 1. The maximum absolute atomic E-state index is 13.2. The topological polar surface area (TPSA) is 109 Å². The molecule has 3 aromatic rings. The van der Waals surface area contributed by atoms with Gasteiger partial charge in [0.05, 0.1) is 5.69 Å². The lowest BCUT2D eigenvalue weighted by atomic mass is 9.73. The highest BCUT2D eigenvalue weighted by Gasteiger charge is 2.63. The maximum atomic E-state index is 13.2. The summed E-state index contributed by atoms with van der Waals surface area (Å²) in [4.78, 5) is 43.4. The highest BCUT2D eigenvalue weighted by atomic mass is 16.5. The minimum Gasteiger partial charge on any atom is -0.479 e. The molecule has 2 amide bonds. The zero-order valence-corrected chi connectivity index (χ0v) is 18.8. The van der Waals surface area contributed by atoms with E-state index in [0.29, 0.717) is 19.4 Å². The highest BCUT2D eigenvalue weighted by molar-refractivity contribution is 6.03. The van der Waals surface area contributed by atoms with Gasteiger partial charge in [-0.25, -0.2) is 14.6 Å². The van der Waals surface area contributed by atoms with Gasteiger partial charge in [-0.15, -0.1) is 0 Å². The van der Waals surface area contributed by atoms with Crippen LogP contribution in [-0.4, -0.2) is 51.7 Å². The van der Waals surface area contributed by atoms with E-state index in [9.17, 15) is 19.5 Å². The molecule has 2 aromatic carbocycles. The molecule has 8 heteroatoms. The van der Waals surface area contributed by atoms with Gasteiger partial charge in [-0.1, -0.05) is 48.5 Å². The Morgan fingerprint density at radius 1 is 1.00 bits per heavy atom. The number of hydrogen-bond donors (Lipinski definition) is 2. The van der Waals surface area contributed by atoms with E-state index in [4.69, 9.17) is 4.74 Å². The molecule has 0 atom stereocenters. The lowest BCUT2D eigenvalue weighted by Gasteiger charge is -2.37. The number of nitrogens with one attached hydrogen (secondary N) is 1. The second-order valence-corrected chi connectivity index (χ2v) is 9.38. The molecule has 35 heavy (non-hydrogen) atoms. The van der Waals surface area contributed by atoms with E-state index in [0.717, 1.165) is 22.3 Å². The molecule has 0 unspecified atom stereocenters. The van der Waals surface area contributed by atoms with Crippen molar-refractivity contribution in [2.75, 3.05) is 18.5 Å². The fraction of sp³-hybridized carbons (Fsp3) is 0.259. The van der Waals surface area contributed by atoms with Crippen molar-refractivity contribution in [3.05, 3.63) is 83.7 Å². The summed E-state index contributed by atoms with van der Waals surface area (Å²) in [5.74, 6) is -1.39. The van der Waals surface area contributed by atoms with Crippen molar-refractivity contribution < 1.29 is 24.2 Å². The molecule has 3 heterocycles. The van der Waals surface area contributed by atoms with Gasteiger partial charge >= 0.3 is 12.1 Å². The normalized spacial score (nSPS) is 21.6. The van der Waals surface area contributed by atoms with Gasteiger partial charge in [-0.3, -0.25) is 10.1 Å². The van der Waals surface area contributed by atoms with Crippen molar-refractivity contribution in [1.82, 2.24) is 9.88 Å². The van der Waals surface area contributed by atoms with E-state index in [-0.39, 0.29) is 29.8 Å². The van der Waals surface area contributed by atoms with Crippen LogP contribution in [-0.2, 0) is 9.53 Å². The summed E-state index contributed by atoms with van der Waals surface area (Å²) < 4.78 is 5.59. The number of carboxylic acids is 1. The molecule has 2 aliphatic carbocycles. The van der Waals surface area contributed by atoms with Gasteiger partial charge in [0.2, 0.25) is 0 Å². The van der Waals surface area contributed by atoms with E-state index in [1.807, 2.05) is 36.4 Å². The first-order valence-electron chi connectivity index (χ1n) is 11.6. The molecule has 8 nitrogen and oxygen atoms in total. The monoisotopic (exact) mass is 469 g/mol. The van der Waals surface area contributed by atoms with Crippen molar-refractivity contribution in [1.29, 1.82) is 0 Å². The average Bonchev–Trinajstić information content (AvgIpc) is 3.51. The molecular weight excluding hydrogens is 446 g/mol. The molecule has 176 valence electrons. The lowest BCUT2D eigenvalue weighted by molar-refractivity contribution is -0.151. The van der Waals surface area contributed by atoms with Crippen LogP contribution in [0.2, 0.25) is 0 Å². The Morgan fingerprint density at radius 3 is 2.31 bits per heavy atom. The molecular formula is C27H23N3O5. The summed E-state index contributed by atoms with van der Waals surface area (Å²) in [5, 5.41) is 12.3. The van der Waals surface area contributed by atoms with Crippen LogP contribution in [0.3, 0.4) is 0 Å². The van der Waals surface area contributed by atoms with Gasteiger partial charge in [0.15, 0.2) is 5.69 Å². The molecule has 1 saturated carbocycles. The minimum absolute atomic E-state index is 0.00850. The van der Waals surface area contributed by atoms with Gasteiger partial charge in [0.1, 0.15) is 12.1 Å². The summed E-state index contributed by atoms with van der Waals surface area (Å²) >= 11 is 0. The number of rotatable bonds is 5. The Kier molecular flexibility index (Phi) is 4.84. The molecule has 4 aliphatic rings. The van der Waals surface area contributed by atoms with E-state index in [2.05, 4.69) is 22.4 Å². The van der Waals surface area contributed by atoms with Crippen LogP contribution in [0.5, 0.6) is 0 Å². The number of fused-ring (bicyclic) bond motifs is 4. The maximum Gasteiger partial charge on any atom is 0.411 e. The van der Waals surface area contributed by atoms with Crippen LogP contribution in [0.1, 0.15) is 40.4 Å². The molecule has 3 fully saturated rings. The Hall–Kier alpha value is -4.20. The van der Waals surface area contributed by atoms with Crippen molar-refractivity contribution in [3.8, 4) is 11.1 Å². The second-order valence-electron chi connectivity index (χ2n) is 9.38. The smallest absolute Gasteiger partial charge is 0.411 e. The fourth-order valence-corrected chi connectivity index (χ4v) is 5.79. The molecule has 2 aliphatic heterocycles. The number of hydrogen-bond acceptors (Lipinski definition) is 5. The number of benzene rings is 2. The number of carbonyl (C=O) groups excluding carboxylic acids is 2. The zero-order chi connectivity index (χ0) is 24.2. The van der Waals surface area contributed by atoms with Crippen LogP contribution in [0.15, 0.2) is 66.9 Å². The predicted octanol–water partition coefficient (Wildman–Crippen LogP) is 4.13. The van der Waals surface area contributed by atoms with Crippen LogP contribution >= 0.6 is 0 Å². The third-order valence-corrected chi connectivity index (χ3v) is 7.44. The van der Waals surface area contributed by atoms with Gasteiger partial charge in [0.25, 0.3) is 5.91 Å². The summed E-state index contributed by atoms with van der Waals surface area (Å²) in [6.45, 7) is 0.519. The SMILES string of the molecule is O=C(Nc1cccnc1C(=O)N1CC2CC1(C(=O)O)C2)OCC1c2ccccc2-c2ccccc21. The van der Waals surface area contributed by atoms with Crippen molar-refractivity contribution in [2.45, 2.75) is 24.3 Å². The van der Waals surface area contributed by atoms with Gasteiger partial charge < -0.3 is 14.7 Å². The number of pyridine rings is 1. The first-order valence-corrected chi connectivity index (χ1v) is 11.6. The summed E-state index contributed by atoms with van der Waals surface area (Å²) in [6, 6.07) is 19.3. The van der Waals surface area contributed by atoms with Crippen LogP contribution in [0.25, 0.3) is 11.1 Å². The molecule has 7 rings (SSSR count). The average molecular weight is 469 g/mol. The van der Waals surface area contributed by atoms with Crippen LogP contribution in [0, 0.1) is 5.92 Å². The van der Waals surface area contributed by atoms with E-state index in [1.165, 1.54) is 11.1 Å². The summed E-state index contributed by atoms with van der Waals surface area (Å²) in [7, 11) is 0. The molecule has 0 spiro atoms. The first-order chi connectivity index (χ1) is 17.0. The number of carbonyl (C=O) groups is 3. The third-order valence-electron chi connectivity index (χ3n) is 7.44. The number of amides is 2. The van der Waals surface area contributed by atoms with Gasteiger partial charge in [-0.05, 0) is 53.1 Å². The molecule has 1 aromatic heterocycles. The van der Waals surface area contributed by atoms with E-state index < -0.39 is 23.5 Å². The quantitative estimate of drug-likeness (QED) is 0.582. The number of anilines is 1. The predicted molar refractivity (Wildman–Crippen MR) is 127 cm³/mol. The number of aromatic nitrogens is 1. The zero-order valence-electron chi connectivity index (χ0n) is 18.8. The molecule has 2 saturated heterocycles. The standard InChI is InChI=1S/C27H23N3O5/c31-24(30-14-16-12-27(30,13-16)25(32)33)23-22(10-5-11-28-23)29-26(34)35-15-21-19-8-3-1-6-17(19)18-7-2-4-9-20(18)21/h1-11,16,21H,12-15H2,(H,29,34)(H,32,33). The van der Waals surface area contributed by atoms with Crippen molar-refractivity contribution >= 4 is 23.7 Å². The second kappa shape index (κ2) is 7.94. The minimum atomic E-state index is -1.17. The van der Waals surface area contributed by atoms with Crippen molar-refractivity contribution in [3.63, 3.8) is 0 Å². The Labute approximate surface area is 201 Å². The number of nitrogens with zero attached hydrogens (tertiary/aromatic N) is 2. The number of aliphatic carboxylic acids is 1. The van der Waals surface area contributed by atoms with Gasteiger partial charge in [-0.2, -0.15) is 0 Å². The molecule has 2 bridgehead atoms. The Balaban J connectivity index is 1.18. The van der Waals surface area contributed by atoms with E-state index >= 15 is 0 Å². The fourth-order valence-electron chi connectivity index (χ4n) is 5.79. The van der Waals surface area contributed by atoms with Crippen LogP contribution in [0.4, 0.5) is 10.5 Å². The third kappa shape index (κ3) is 3.28. The first kappa shape index (κ1) is 21.3. The largest absolute Gasteiger partial charge is 0.479 e. The van der Waals surface area contributed by atoms with Gasteiger partial charge in [0, 0.05) is 18.7 Å². The Bertz CT molecular complexity index is 1320. The summed E-state index contributed by atoms with van der Waals surface area (Å²) in [6.07, 6.45) is 1.66. The highest BCUT2D eigenvalue weighted by Crippen LogP contribution is 2.51. The molecule has 2 N–H and O–H groups in total. The lowest BCUT2D eigenvalue weighted by Crippen LogP contribution is -2.54. The Morgan fingerprint density at radius 2 is 1.66 bits per heavy atom. The van der Waals surface area contributed by atoms with E-state index in [1.54, 1.807) is 12.1 Å². The van der Waals surface area contributed by atoms with Crippen molar-refractivity contribution in [2.24, 2.45) is 5.92 Å².